The minimum Gasteiger partial charge on any atom is -0.460 e. The number of cyclic esters (lactones) is 1. The molecule has 15 atom stereocenters. The highest BCUT2D eigenvalue weighted by molar-refractivity contribution is 6.39. The number of esters is 2. The summed E-state index contributed by atoms with van der Waals surface area (Å²) in [7, 11) is 4.43. The van der Waals surface area contributed by atoms with Crippen molar-refractivity contribution in [2.45, 2.75) is 187 Å². The van der Waals surface area contributed by atoms with Gasteiger partial charge in [0.2, 0.25) is 5.79 Å². The highest BCUT2D eigenvalue weighted by Crippen LogP contribution is 2.38. The summed E-state index contributed by atoms with van der Waals surface area (Å²) in [5, 5.41) is 43.1. The lowest BCUT2D eigenvalue weighted by atomic mass is 9.78. The predicted molar refractivity (Wildman–Crippen MR) is 271 cm³/mol. The van der Waals surface area contributed by atoms with Crippen LogP contribution in [0.25, 0.3) is 0 Å². The van der Waals surface area contributed by atoms with Crippen LogP contribution in [0, 0.1) is 40.9 Å². The van der Waals surface area contributed by atoms with Gasteiger partial charge in [-0.1, -0.05) is 71.1 Å². The topological polar surface area (TPSA) is 242 Å². The summed E-state index contributed by atoms with van der Waals surface area (Å²) in [4.78, 5) is 85.4. The molecule has 0 aromatic heterocycles. The number of carbonyl (C=O) groups is 6. The maximum absolute atomic E-state index is 14.5. The molecule has 4 rings (SSSR count). The molecule has 3 heterocycles. The molecule has 14 unspecified atom stereocenters. The quantitative estimate of drug-likeness (QED) is 0.116. The van der Waals surface area contributed by atoms with Crippen LogP contribution in [0.3, 0.4) is 0 Å². The first-order valence-corrected chi connectivity index (χ1v) is 26.4. The second kappa shape index (κ2) is 28.3. The largest absolute Gasteiger partial charge is 0.460 e. The Morgan fingerprint density at radius 1 is 0.863 bits per heavy atom. The molecule has 0 aromatic carbocycles. The first kappa shape index (κ1) is 61.6. The molecule has 412 valence electrons. The van der Waals surface area contributed by atoms with Crippen molar-refractivity contribution < 1.29 is 77.6 Å². The number of aliphatic hydroxyl groups is 4. The van der Waals surface area contributed by atoms with Crippen LogP contribution < -0.4 is 0 Å². The summed E-state index contributed by atoms with van der Waals surface area (Å²) in [6, 6.07) is -1.20. The first-order chi connectivity index (χ1) is 34.5. The Morgan fingerprint density at radius 2 is 1.56 bits per heavy atom. The molecule has 3 aliphatic heterocycles. The van der Waals surface area contributed by atoms with Gasteiger partial charge >= 0.3 is 11.9 Å². The molecule has 1 aliphatic carbocycles. The molecular formula is C56H87NO16. The molecule has 17 nitrogen and oxygen atoms in total. The normalized spacial score (nSPS) is 35.1. The van der Waals surface area contributed by atoms with Gasteiger partial charge < -0.3 is 53.7 Å². The molecule has 4 aliphatic rings. The third-order valence-corrected chi connectivity index (χ3v) is 15.9. The standard InChI is InChI=1S/C56H87NO16/c1-33-17-13-12-14-18-34(2)45(68-9)29-41-22-20-39(7)56(67,73-41)51(63)52(64)57-24-16-15-19-42(57)53(65)71-46(30-43(60)35(3)26-38(6)49(62)50(70-11)48(61)37(5)25-33)36(4)27-40-21-23-44(47(28-40)69-10)72-54(66)55(8,31-58)32-59/h12-14,17-18,26,33,35-37,39-42,44-47,49-50,58-59,62,67H,15-16,19-25,27-32H2,1-11H3/t33?,35?,36?,37?,39?,40?,41?,42?,44?,45?,46?,47?,49?,50?,56-/m1/s1. The molecule has 1 amide bonds. The number of rotatable bonds is 10. The number of aliphatic hydroxyl groups excluding tert-OH is 3. The fourth-order valence-corrected chi connectivity index (χ4v) is 10.7. The average molecular weight is 1030 g/mol. The molecule has 3 fully saturated rings. The van der Waals surface area contributed by atoms with Crippen LogP contribution in [0.1, 0.15) is 132 Å². The predicted octanol–water partition coefficient (Wildman–Crippen LogP) is 5.72. The maximum Gasteiger partial charge on any atom is 0.329 e. The van der Waals surface area contributed by atoms with E-state index in [1.807, 2.05) is 51.2 Å². The Hall–Kier alpha value is -3.94. The number of ether oxygens (including phenoxy) is 6. The van der Waals surface area contributed by atoms with Crippen LogP contribution in [0.2, 0.25) is 0 Å². The molecule has 0 radical (unpaired) electrons. The van der Waals surface area contributed by atoms with Crippen LogP contribution in [-0.2, 0) is 57.2 Å². The number of piperidine rings is 1. The van der Waals surface area contributed by atoms with Crippen molar-refractivity contribution >= 4 is 35.2 Å². The molecule has 0 aromatic rings. The third-order valence-electron chi connectivity index (χ3n) is 15.9. The van der Waals surface area contributed by atoms with E-state index >= 15 is 0 Å². The van der Waals surface area contributed by atoms with E-state index < -0.39 is 120 Å². The lowest BCUT2D eigenvalue weighted by Crippen LogP contribution is -2.61. The van der Waals surface area contributed by atoms with Gasteiger partial charge in [-0.05, 0) is 114 Å². The third kappa shape index (κ3) is 16.0. The van der Waals surface area contributed by atoms with Gasteiger partial charge in [0.25, 0.3) is 11.7 Å². The van der Waals surface area contributed by atoms with Crippen molar-refractivity contribution in [1.82, 2.24) is 4.90 Å². The van der Waals surface area contributed by atoms with Gasteiger partial charge in [-0.3, -0.25) is 24.0 Å². The summed E-state index contributed by atoms with van der Waals surface area (Å²) < 4.78 is 35.4. The molecule has 17 heteroatoms. The van der Waals surface area contributed by atoms with Crippen LogP contribution in [-0.4, -0.2) is 156 Å². The number of methoxy groups -OCH3 is 3. The number of hydrogen-bond donors (Lipinski definition) is 4. The minimum atomic E-state index is -2.47. The van der Waals surface area contributed by atoms with E-state index in [0.29, 0.717) is 69.8 Å². The van der Waals surface area contributed by atoms with Crippen molar-refractivity contribution in [2.24, 2.45) is 40.9 Å². The van der Waals surface area contributed by atoms with Crippen LogP contribution in [0.4, 0.5) is 0 Å². The number of carbonyl (C=O) groups excluding carboxylic acids is 6. The zero-order chi connectivity index (χ0) is 54.4. The number of nitrogens with zero attached hydrogens (tertiary/aromatic N) is 1. The van der Waals surface area contributed by atoms with Crippen LogP contribution in [0.15, 0.2) is 47.6 Å². The van der Waals surface area contributed by atoms with E-state index in [2.05, 4.69) is 0 Å². The highest BCUT2D eigenvalue weighted by atomic mass is 16.6. The van der Waals surface area contributed by atoms with E-state index in [1.54, 1.807) is 40.9 Å². The zero-order valence-corrected chi connectivity index (χ0v) is 45.3. The number of amides is 1. The highest BCUT2D eigenvalue weighted by Gasteiger charge is 2.53. The molecule has 2 saturated heterocycles. The Kier molecular flexibility index (Phi) is 23.9. The smallest absolute Gasteiger partial charge is 0.329 e. The minimum absolute atomic E-state index is 0.00697. The second-order valence-corrected chi connectivity index (χ2v) is 21.8. The van der Waals surface area contributed by atoms with Crippen molar-refractivity contribution in [3.63, 3.8) is 0 Å². The van der Waals surface area contributed by atoms with Gasteiger partial charge in [0.15, 0.2) is 5.78 Å². The SMILES string of the molecule is COC1CC2CCC(C)[C@@](O)(O2)C(=O)C(=O)N2CCCCC2C(=O)OC(C(C)CC2CCC(OC(=O)C(C)(CO)CO)C(OC)C2)CC(=O)C(C)C=C(C)C(O)C(OC)C(=O)C(C)CC(C)C=CC=CC=C1C. The molecule has 73 heavy (non-hydrogen) atoms. The monoisotopic (exact) mass is 1030 g/mol. The lowest BCUT2D eigenvalue weighted by Gasteiger charge is -2.42. The number of allylic oxidation sites excluding steroid dienone is 6. The van der Waals surface area contributed by atoms with Gasteiger partial charge in [-0.25, -0.2) is 4.79 Å². The summed E-state index contributed by atoms with van der Waals surface area (Å²) in [6.07, 6.45) is 9.76. The molecule has 4 N–H and O–H groups in total. The summed E-state index contributed by atoms with van der Waals surface area (Å²) in [6.45, 7) is 12.7. The van der Waals surface area contributed by atoms with Crippen molar-refractivity contribution in [2.75, 3.05) is 41.1 Å². The van der Waals surface area contributed by atoms with E-state index in [0.717, 1.165) is 10.5 Å². The van der Waals surface area contributed by atoms with E-state index in [1.165, 1.54) is 21.1 Å². The van der Waals surface area contributed by atoms with Crippen molar-refractivity contribution in [3.05, 3.63) is 47.6 Å². The van der Waals surface area contributed by atoms with Crippen molar-refractivity contribution in [1.29, 1.82) is 0 Å². The van der Waals surface area contributed by atoms with Gasteiger partial charge in [0, 0.05) is 58.5 Å². The molecule has 2 bridgehead atoms. The average Bonchev–Trinajstić information content (AvgIpc) is 3.37. The van der Waals surface area contributed by atoms with E-state index in [-0.39, 0.29) is 42.8 Å². The second-order valence-electron chi connectivity index (χ2n) is 21.8. The van der Waals surface area contributed by atoms with Gasteiger partial charge in [0.1, 0.15) is 41.7 Å². The van der Waals surface area contributed by atoms with Crippen LogP contribution in [0.5, 0.6) is 0 Å². The number of ketones is 3. The lowest BCUT2D eigenvalue weighted by molar-refractivity contribution is -0.265. The maximum atomic E-state index is 14.5. The summed E-state index contributed by atoms with van der Waals surface area (Å²) >= 11 is 0. The molecular weight excluding hydrogens is 943 g/mol. The Bertz CT molecular complexity index is 2010. The Balaban J connectivity index is 1.69. The zero-order valence-electron chi connectivity index (χ0n) is 45.3. The van der Waals surface area contributed by atoms with Gasteiger partial charge in [0.05, 0.1) is 31.5 Å². The molecule has 0 spiro atoms. The first-order valence-electron chi connectivity index (χ1n) is 26.4. The van der Waals surface area contributed by atoms with E-state index in [4.69, 9.17) is 28.4 Å². The Labute approximate surface area is 433 Å². The van der Waals surface area contributed by atoms with E-state index in [9.17, 15) is 49.2 Å². The summed E-state index contributed by atoms with van der Waals surface area (Å²) in [5.41, 5.74) is -0.277. The Morgan fingerprint density at radius 3 is 2.21 bits per heavy atom. The summed E-state index contributed by atoms with van der Waals surface area (Å²) in [5.74, 6) is -9.36. The van der Waals surface area contributed by atoms with Crippen molar-refractivity contribution in [3.8, 4) is 0 Å². The fraction of sp³-hybridized carbons (Fsp3) is 0.750. The van der Waals surface area contributed by atoms with Crippen LogP contribution >= 0.6 is 0 Å². The van der Waals surface area contributed by atoms with Gasteiger partial charge in [-0.15, -0.1) is 0 Å². The van der Waals surface area contributed by atoms with Gasteiger partial charge in [-0.2, -0.15) is 0 Å². The number of fused-ring (bicyclic) bond motifs is 3. The molecule has 1 saturated carbocycles. The number of Topliss-reactive ketones (excluding diaryl/α,β-unsaturated/α-hetero) is 3. The fourth-order valence-electron chi connectivity index (χ4n) is 10.7. The number of hydrogen-bond acceptors (Lipinski definition) is 16.